The van der Waals surface area contributed by atoms with Crippen LogP contribution in [0.5, 0.6) is 5.75 Å². The van der Waals surface area contributed by atoms with Crippen LogP contribution in [-0.2, 0) is 9.63 Å². The molecule has 0 aliphatic rings. The van der Waals surface area contributed by atoms with E-state index in [0.29, 0.717) is 0 Å². The van der Waals surface area contributed by atoms with Gasteiger partial charge in [0, 0.05) is 5.56 Å². The van der Waals surface area contributed by atoms with Gasteiger partial charge in [0.2, 0.25) is 0 Å². The predicted octanol–water partition coefficient (Wildman–Crippen LogP) is 2.27. The van der Waals surface area contributed by atoms with E-state index in [1.807, 2.05) is 48.7 Å². The number of nitrogens with one attached hydrogen (secondary N) is 1. The van der Waals surface area contributed by atoms with Crippen LogP contribution >= 0.6 is 11.3 Å². The zero-order chi connectivity index (χ0) is 16.7. The molecule has 7 heteroatoms. The first-order valence-electron chi connectivity index (χ1n) is 7.03. The van der Waals surface area contributed by atoms with Gasteiger partial charge in [-0.25, -0.2) is 0 Å². The van der Waals surface area contributed by atoms with Gasteiger partial charge >= 0.3 is 0 Å². The smallest absolute Gasteiger partial charge is 0.261 e. The van der Waals surface area contributed by atoms with Crippen LogP contribution in [0.2, 0.25) is 0 Å². The molecule has 0 bridgehead atoms. The number of hydrogen-bond acceptors (Lipinski definition) is 5. The lowest BCUT2D eigenvalue weighted by Crippen LogP contribution is -2.30. The molecular formula is C16H19N3O3S. The molecule has 3 N–H and O–H groups in total. The zero-order valence-electron chi connectivity index (χ0n) is 13.0. The normalized spacial score (nSPS) is 12.5. The lowest BCUT2D eigenvalue weighted by Gasteiger charge is -2.16. The SMILES string of the molecule is COc1ccccc1C(C)NC(=O)CO/N=C(\N)c1cccs1. The van der Waals surface area contributed by atoms with Crippen LogP contribution in [0.1, 0.15) is 23.4 Å². The third-order valence-electron chi connectivity index (χ3n) is 3.12. The quantitative estimate of drug-likeness (QED) is 0.462. The van der Waals surface area contributed by atoms with Gasteiger partial charge in [-0.1, -0.05) is 29.4 Å². The number of hydrogen-bond donors (Lipinski definition) is 2. The minimum atomic E-state index is -0.286. The summed E-state index contributed by atoms with van der Waals surface area (Å²) in [4.78, 5) is 17.7. The van der Waals surface area contributed by atoms with Gasteiger partial charge in [0.1, 0.15) is 5.75 Å². The topological polar surface area (TPSA) is 85.9 Å². The van der Waals surface area contributed by atoms with Crippen molar-refractivity contribution in [1.82, 2.24) is 5.32 Å². The molecule has 0 saturated heterocycles. The lowest BCUT2D eigenvalue weighted by molar-refractivity contribution is -0.126. The average molecular weight is 333 g/mol. The van der Waals surface area contributed by atoms with Crippen LogP contribution in [0.4, 0.5) is 0 Å². The van der Waals surface area contributed by atoms with Crippen LogP contribution in [0, 0.1) is 0 Å². The van der Waals surface area contributed by atoms with Gasteiger partial charge < -0.3 is 20.6 Å². The van der Waals surface area contributed by atoms with Gasteiger partial charge in [-0.2, -0.15) is 0 Å². The third kappa shape index (κ3) is 4.72. The Morgan fingerprint density at radius 1 is 1.35 bits per heavy atom. The van der Waals surface area contributed by atoms with Crippen LogP contribution in [0.3, 0.4) is 0 Å². The molecule has 1 aromatic heterocycles. The largest absolute Gasteiger partial charge is 0.496 e. The summed E-state index contributed by atoms with van der Waals surface area (Å²) in [5.41, 5.74) is 6.64. The van der Waals surface area contributed by atoms with E-state index >= 15 is 0 Å². The van der Waals surface area contributed by atoms with E-state index in [0.717, 1.165) is 16.2 Å². The van der Waals surface area contributed by atoms with Gasteiger partial charge in [-0.15, -0.1) is 11.3 Å². The van der Waals surface area contributed by atoms with E-state index in [1.165, 1.54) is 11.3 Å². The molecule has 1 atom stereocenters. The Balaban J connectivity index is 1.86. The number of ether oxygens (including phenoxy) is 1. The van der Waals surface area contributed by atoms with Crippen LogP contribution < -0.4 is 15.8 Å². The monoisotopic (exact) mass is 333 g/mol. The van der Waals surface area contributed by atoms with Crippen molar-refractivity contribution < 1.29 is 14.4 Å². The van der Waals surface area contributed by atoms with E-state index in [9.17, 15) is 4.79 Å². The summed E-state index contributed by atoms with van der Waals surface area (Å²) in [7, 11) is 1.60. The van der Waals surface area contributed by atoms with Crippen molar-refractivity contribution >= 4 is 23.1 Å². The van der Waals surface area contributed by atoms with Gasteiger partial charge in [0.05, 0.1) is 18.0 Å². The summed E-state index contributed by atoms with van der Waals surface area (Å²) in [6.07, 6.45) is 0. The van der Waals surface area contributed by atoms with E-state index in [4.69, 9.17) is 15.3 Å². The van der Waals surface area contributed by atoms with Crippen molar-refractivity contribution in [2.24, 2.45) is 10.9 Å². The summed E-state index contributed by atoms with van der Waals surface area (Å²) in [5.74, 6) is 0.692. The molecule has 0 aliphatic carbocycles. The molecular weight excluding hydrogens is 314 g/mol. The maximum absolute atomic E-state index is 11.9. The molecule has 23 heavy (non-hydrogen) atoms. The molecule has 0 radical (unpaired) electrons. The molecule has 122 valence electrons. The minimum absolute atomic E-state index is 0.203. The van der Waals surface area contributed by atoms with Crippen molar-refractivity contribution in [3.05, 3.63) is 52.2 Å². The number of carbonyl (C=O) groups is 1. The molecule has 0 spiro atoms. The van der Waals surface area contributed by atoms with Crippen molar-refractivity contribution in [2.45, 2.75) is 13.0 Å². The number of methoxy groups -OCH3 is 1. The summed E-state index contributed by atoms with van der Waals surface area (Å²) < 4.78 is 5.28. The maximum Gasteiger partial charge on any atom is 0.261 e. The highest BCUT2D eigenvalue weighted by Crippen LogP contribution is 2.24. The molecule has 1 heterocycles. The number of oxime groups is 1. The predicted molar refractivity (Wildman–Crippen MR) is 90.5 cm³/mol. The molecule has 1 amide bonds. The molecule has 1 unspecified atom stereocenters. The fourth-order valence-electron chi connectivity index (χ4n) is 2.01. The Morgan fingerprint density at radius 2 is 2.13 bits per heavy atom. The minimum Gasteiger partial charge on any atom is -0.496 e. The van der Waals surface area contributed by atoms with Crippen LogP contribution in [0.25, 0.3) is 0 Å². The second-order valence-corrected chi connectivity index (χ2v) is 5.71. The van der Waals surface area contributed by atoms with E-state index in [1.54, 1.807) is 7.11 Å². The fraction of sp³-hybridized carbons (Fsp3) is 0.250. The first kappa shape index (κ1) is 16.8. The first-order valence-corrected chi connectivity index (χ1v) is 7.91. The summed E-state index contributed by atoms with van der Waals surface area (Å²) in [6.45, 7) is 1.67. The Kier molecular flexibility index (Phi) is 5.99. The number of thiophene rings is 1. The van der Waals surface area contributed by atoms with Crippen LogP contribution in [-0.4, -0.2) is 25.5 Å². The van der Waals surface area contributed by atoms with Crippen LogP contribution in [0.15, 0.2) is 46.9 Å². The first-order chi connectivity index (χ1) is 11.1. The van der Waals surface area contributed by atoms with E-state index in [-0.39, 0.29) is 24.4 Å². The molecule has 0 fully saturated rings. The number of para-hydroxylation sites is 1. The van der Waals surface area contributed by atoms with Gasteiger partial charge in [0.25, 0.3) is 5.91 Å². The molecule has 0 aliphatic heterocycles. The van der Waals surface area contributed by atoms with E-state index in [2.05, 4.69) is 10.5 Å². The molecule has 1 aromatic carbocycles. The summed E-state index contributed by atoms with van der Waals surface area (Å²) in [5, 5.41) is 8.46. The number of amides is 1. The molecule has 2 rings (SSSR count). The second-order valence-electron chi connectivity index (χ2n) is 4.76. The highest BCUT2D eigenvalue weighted by molar-refractivity contribution is 7.12. The number of rotatable bonds is 7. The van der Waals surface area contributed by atoms with E-state index < -0.39 is 0 Å². The number of nitrogens with zero attached hydrogens (tertiary/aromatic N) is 1. The Bertz CT molecular complexity index is 671. The fourth-order valence-corrected chi connectivity index (χ4v) is 2.63. The van der Waals surface area contributed by atoms with Crippen molar-refractivity contribution in [3.8, 4) is 5.75 Å². The highest BCUT2D eigenvalue weighted by atomic mass is 32.1. The highest BCUT2D eigenvalue weighted by Gasteiger charge is 2.13. The van der Waals surface area contributed by atoms with Crippen molar-refractivity contribution in [1.29, 1.82) is 0 Å². The van der Waals surface area contributed by atoms with Gasteiger partial charge in [0.15, 0.2) is 12.4 Å². The Morgan fingerprint density at radius 3 is 2.83 bits per heavy atom. The van der Waals surface area contributed by atoms with Gasteiger partial charge in [-0.05, 0) is 24.4 Å². The molecule has 6 nitrogen and oxygen atoms in total. The summed E-state index contributed by atoms with van der Waals surface area (Å²) >= 11 is 1.45. The Labute approximate surface area is 138 Å². The Hall–Kier alpha value is -2.54. The van der Waals surface area contributed by atoms with Gasteiger partial charge in [-0.3, -0.25) is 4.79 Å². The van der Waals surface area contributed by atoms with Crippen molar-refractivity contribution in [2.75, 3.05) is 13.7 Å². The number of amidine groups is 1. The second kappa shape index (κ2) is 8.19. The number of carbonyl (C=O) groups excluding carboxylic acids is 1. The average Bonchev–Trinajstić information content (AvgIpc) is 3.09. The lowest BCUT2D eigenvalue weighted by atomic mass is 10.1. The maximum atomic E-state index is 11.9. The molecule has 0 saturated carbocycles. The third-order valence-corrected chi connectivity index (χ3v) is 4.01. The summed E-state index contributed by atoms with van der Waals surface area (Å²) in [6, 6.07) is 11.0. The zero-order valence-corrected chi connectivity index (χ0v) is 13.8. The number of benzene rings is 1. The standard InChI is InChI=1S/C16H19N3O3S/c1-11(12-6-3-4-7-13(12)21-2)18-15(20)10-22-19-16(17)14-8-5-9-23-14/h3-9,11H,10H2,1-2H3,(H2,17,19)(H,18,20). The van der Waals surface area contributed by atoms with Crippen molar-refractivity contribution in [3.63, 3.8) is 0 Å². The number of nitrogens with two attached hydrogens (primary N) is 1. The molecule has 2 aromatic rings.